The van der Waals surface area contributed by atoms with Gasteiger partial charge in [-0.15, -0.1) is 0 Å². The number of fused-ring (bicyclic) bond motifs is 2. The Labute approximate surface area is 467 Å². The standard InChI is InChI=1S/C51H86N10O15.C2H4O2/c1-4-28(2)23-29(3)11-9-7-5-6-8-10-12-39(68)55-33-25-38(67)45(54-21-20-53)59-49(74)42-37(66)18-22-60(42)51(76)40(36(65)17-19-52)57-48(73)41(44(70)43(69)30-13-15-31(63)16-14-30)58-47(72)35-24-32(64)26-61(35)50(75)34(27-62)56-46(33)71;1-2(3)4/h13-16,28-29,32-38,40-45,54,62-67,69-70H,4-12,17-27,52-53H2,1-3H3,(H,55,68)(H,56,71)(H,57,73)(H,58,72)(H,59,74);1H3,(H,3,4)/t28-,29+,32+,33-,34-,35-,36+,37-,38+,40-,41-,42-,43+,44-,45-;/m0./s1. The molecule has 15 atom stereocenters. The van der Waals surface area contributed by atoms with Crippen LogP contribution >= 0.6 is 0 Å². The summed E-state index contributed by atoms with van der Waals surface area (Å²) in [5, 5.41) is 111. The minimum atomic E-state index is -2.27. The number of aliphatic carboxylic acids is 1. The lowest BCUT2D eigenvalue weighted by Gasteiger charge is -2.35. The van der Waals surface area contributed by atoms with Gasteiger partial charge in [-0.3, -0.25) is 43.7 Å². The number of nitrogens with two attached hydrogens (primary N) is 2. The number of nitrogens with one attached hydrogen (secondary N) is 6. The Kier molecular flexibility index (Phi) is 29.7. The highest BCUT2D eigenvalue weighted by Gasteiger charge is 2.48. The van der Waals surface area contributed by atoms with Crippen LogP contribution in [0.5, 0.6) is 5.75 Å². The van der Waals surface area contributed by atoms with Gasteiger partial charge < -0.3 is 93.8 Å². The normalized spacial score (nSPS) is 27.3. The quantitative estimate of drug-likeness (QED) is 0.0471. The molecule has 3 aliphatic rings. The number of carboxylic acids is 1. The second kappa shape index (κ2) is 34.6. The number of rotatable bonds is 23. The van der Waals surface area contributed by atoms with Crippen LogP contribution in [0.3, 0.4) is 0 Å². The average molecular weight is 1140 g/mol. The minimum absolute atomic E-state index is 0.0222. The highest BCUT2D eigenvalue weighted by atomic mass is 16.4. The topological polar surface area (TPSA) is 449 Å². The Hall–Kier alpha value is -5.62. The Morgan fingerprint density at radius 3 is 1.99 bits per heavy atom. The van der Waals surface area contributed by atoms with Gasteiger partial charge in [0.25, 0.3) is 5.97 Å². The first kappa shape index (κ1) is 68.7. The number of hydrogen-bond acceptors (Lipinski definition) is 19. The van der Waals surface area contributed by atoms with Gasteiger partial charge in [0.2, 0.25) is 41.4 Å². The predicted molar refractivity (Wildman–Crippen MR) is 289 cm³/mol. The van der Waals surface area contributed by atoms with Gasteiger partial charge in [-0.25, -0.2) is 0 Å². The largest absolute Gasteiger partial charge is 0.508 e. The molecule has 0 spiro atoms. The highest BCUT2D eigenvalue weighted by Crippen LogP contribution is 2.26. The molecule has 1 aromatic carbocycles. The molecule has 4 rings (SSSR count). The van der Waals surface area contributed by atoms with E-state index in [2.05, 4.69) is 52.7 Å². The van der Waals surface area contributed by atoms with Crippen molar-refractivity contribution in [2.24, 2.45) is 23.3 Å². The van der Waals surface area contributed by atoms with Gasteiger partial charge in [0, 0.05) is 52.4 Å². The zero-order chi connectivity index (χ0) is 59.8. The molecule has 1 aromatic rings. The van der Waals surface area contributed by atoms with Crippen LogP contribution in [-0.4, -0.2) is 215 Å². The van der Waals surface area contributed by atoms with Crippen molar-refractivity contribution in [1.29, 1.82) is 0 Å². The Morgan fingerprint density at radius 2 is 1.38 bits per heavy atom. The average Bonchev–Trinajstić information content (AvgIpc) is 4.02. The molecule has 0 saturated carbocycles. The molecule has 19 N–H and O–H groups in total. The van der Waals surface area contributed by atoms with E-state index in [9.17, 15) is 74.4 Å². The minimum Gasteiger partial charge on any atom is -0.508 e. The van der Waals surface area contributed by atoms with Gasteiger partial charge in [0.15, 0.2) is 0 Å². The number of phenolic OH excluding ortho intramolecular Hbond substituents is 1. The summed E-state index contributed by atoms with van der Waals surface area (Å²) in [6, 6.07) is -6.33. The Balaban J connectivity index is 0.00000406. The molecule has 3 saturated heterocycles. The Bertz CT molecular complexity index is 2140. The number of carboxylic acid groups (broad SMARTS) is 1. The summed E-state index contributed by atoms with van der Waals surface area (Å²) >= 11 is 0. The maximum absolute atomic E-state index is 14.6. The number of aromatic hydroxyl groups is 1. The smallest absolute Gasteiger partial charge is 0.300 e. The number of carbonyl (C=O) groups is 8. The molecular weight excluding hydrogens is 1050 g/mol. The Morgan fingerprint density at radius 1 is 0.750 bits per heavy atom. The number of aliphatic hydroxyl groups is 7. The number of benzene rings is 1. The van der Waals surface area contributed by atoms with E-state index >= 15 is 0 Å². The van der Waals surface area contributed by atoms with Crippen molar-refractivity contribution in [3.63, 3.8) is 0 Å². The third-order valence-electron chi connectivity index (χ3n) is 14.6. The second-order valence-electron chi connectivity index (χ2n) is 21.3. The molecule has 0 aromatic heterocycles. The molecule has 7 amide bonds. The summed E-state index contributed by atoms with van der Waals surface area (Å²) in [5.74, 6) is -7.25. The number of unbranched alkanes of at least 4 members (excludes halogenated alkanes) is 5. The van der Waals surface area contributed by atoms with Crippen LogP contribution in [0.25, 0.3) is 0 Å². The number of hydrogen-bond donors (Lipinski definition) is 17. The molecule has 0 bridgehead atoms. The molecule has 0 unspecified atom stereocenters. The molecule has 3 heterocycles. The first-order valence-electron chi connectivity index (χ1n) is 27.8. The van der Waals surface area contributed by atoms with Crippen LogP contribution in [0, 0.1) is 11.8 Å². The number of aliphatic hydroxyl groups excluding tert-OH is 7. The third kappa shape index (κ3) is 21.4. The number of nitrogens with zero attached hydrogens (tertiary/aromatic N) is 2. The van der Waals surface area contributed by atoms with Crippen molar-refractivity contribution in [2.45, 2.75) is 197 Å². The maximum Gasteiger partial charge on any atom is 0.300 e. The van der Waals surface area contributed by atoms with Crippen molar-refractivity contribution in [3.8, 4) is 5.75 Å². The molecular formula is C53H90N10O17. The van der Waals surface area contributed by atoms with Gasteiger partial charge in [-0.05, 0) is 61.8 Å². The van der Waals surface area contributed by atoms with Gasteiger partial charge in [0.05, 0.1) is 31.0 Å². The number of phenols is 1. The molecule has 0 aliphatic carbocycles. The summed E-state index contributed by atoms with van der Waals surface area (Å²) in [6.07, 6.45) is -5.18. The lowest BCUT2D eigenvalue weighted by molar-refractivity contribution is -0.148. The van der Waals surface area contributed by atoms with Crippen molar-refractivity contribution in [3.05, 3.63) is 29.8 Å². The van der Waals surface area contributed by atoms with E-state index in [-0.39, 0.29) is 56.8 Å². The van der Waals surface area contributed by atoms with Crippen molar-refractivity contribution in [1.82, 2.24) is 41.7 Å². The van der Waals surface area contributed by atoms with Crippen LogP contribution in [0.2, 0.25) is 0 Å². The zero-order valence-corrected chi connectivity index (χ0v) is 46.5. The SMILES string of the molecule is CC(=O)O.CC[C@H](C)C[C@H](C)CCCCCCCCC(=O)N[C@H]1C[C@@H](O)[C@@H](NCCN)NC(=O)[C@@H]2[C@@H](O)CCN2C(=O)[C@H]([C@H](O)CCN)NC(=O)[C@H]([C@H](O)[C@H](O)c2ccc(O)cc2)NC(=O)[C@@H]2C[C@@H](O)CN2C(=O)[C@H](CO)NC1=O. The van der Waals surface area contributed by atoms with Crippen molar-refractivity contribution in [2.75, 3.05) is 39.3 Å². The molecule has 27 nitrogen and oxygen atoms in total. The summed E-state index contributed by atoms with van der Waals surface area (Å²) in [4.78, 5) is 110. The fourth-order valence-corrected chi connectivity index (χ4v) is 10.1. The predicted octanol–water partition coefficient (Wildman–Crippen LogP) is -3.61. The van der Waals surface area contributed by atoms with Crippen LogP contribution < -0.4 is 43.4 Å². The first-order chi connectivity index (χ1) is 37.9. The van der Waals surface area contributed by atoms with E-state index in [1.54, 1.807) is 0 Å². The fourth-order valence-electron chi connectivity index (χ4n) is 10.1. The summed E-state index contributed by atoms with van der Waals surface area (Å²) in [7, 11) is 0. The summed E-state index contributed by atoms with van der Waals surface area (Å²) in [5.41, 5.74) is 11.5. The summed E-state index contributed by atoms with van der Waals surface area (Å²) < 4.78 is 0. The zero-order valence-electron chi connectivity index (χ0n) is 46.5. The molecule has 454 valence electrons. The van der Waals surface area contributed by atoms with E-state index in [0.717, 1.165) is 55.2 Å². The first-order valence-corrected chi connectivity index (χ1v) is 27.8. The number of amides is 7. The van der Waals surface area contributed by atoms with Crippen LogP contribution in [-0.2, 0) is 38.4 Å². The lowest BCUT2D eigenvalue weighted by Crippen LogP contribution is -2.65. The van der Waals surface area contributed by atoms with E-state index in [0.29, 0.717) is 24.7 Å². The third-order valence-corrected chi connectivity index (χ3v) is 14.6. The fraction of sp³-hybridized carbons (Fsp3) is 0.736. The molecule has 27 heteroatoms. The van der Waals surface area contributed by atoms with Gasteiger partial charge in [-0.1, -0.05) is 77.8 Å². The lowest BCUT2D eigenvalue weighted by atomic mass is 9.91. The van der Waals surface area contributed by atoms with E-state index in [1.807, 2.05) is 0 Å². The van der Waals surface area contributed by atoms with Crippen LogP contribution in [0.15, 0.2) is 24.3 Å². The molecule has 0 radical (unpaired) electrons. The second-order valence-corrected chi connectivity index (χ2v) is 21.3. The maximum atomic E-state index is 14.6. The highest BCUT2D eigenvalue weighted by molar-refractivity contribution is 5.98. The van der Waals surface area contributed by atoms with Crippen LogP contribution in [0.1, 0.15) is 129 Å². The van der Waals surface area contributed by atoms with E-state index in [4.69, 9.17) is 21.4 Å². The molecule has 3 aliphatic heterocycles. The van der Waals surface area contributed by atoms with E-state index < -0.39 is 152 Å². The van der Waals surface area contributed by atoms with Gasteiger partial charge in [-0.2, -0.15) is 0 Å². The van der Waals surface area contributed by atoms with Gasteiger partial charge >= 0.3 is 0 Å². The molecule has 3 fully saturated rings. The monoisotopic (exact) mass is 1140 g/mol. The van der Waals surface area contributed by atoms with Crippen molar-refractivity contribution >= 4 is 47.3 Å². The molecule has 80 heavy (non-hydrogen) atoms. The van der Waals surface area contributed by atoms with Crippen molar-refractivity contribution < 1.29 is 84.3 Å². The number of carbonyl (C=O) groups excluding carboxylic acids is 7. The summed E-state index contributed by atoms with van der Waals surface area (Å²) in [6.45, 7) is 5.60. The van der Waals surface area contributed by atoms with Gasteiger partial charge in [0.1, 0.15) is 60.4 Å². The van der Waals surface area contributed by atoms with Crippen LogP contribution in [0.4, 0.5) is 0 Å². The van der Waals surface area contributed by atoms with E-state index in [1.165, 1.54) is 30.7 Å².